The van der Waals surface area contributed by atoms with E-state index in [4.69, 9.17) is 29.6 Å². The van der Waals surface area contributed by atoms with Gasteiger partial charge in [0.25, 0.3) is 0 Å². The van der Waals surface area contributed by atoms with E-state index in [0.717, 1.165) is 19.3 Å². The molecule has 2 rings (SSSR count). The number of ether oxygens (including phenoxy) is 5. The zero-order chi connectivity index (χ0) is 56.0. The second-order valence-electron chi connectivity index (χ2n) is 20.6. The van der Waals surface area contributed by atoms with E-state index >= 15 is 0 Å². The summed E-state index contributed by atoms with van der Waals surface area (Å²) < 4.78 is 28.2. The first kappa shape index (κ1) is 66.8. The second kappa shape index (κ2) is 36.7. The Morgan fingerprint density at radius 3 is 1.92 bits per heavy atom. The standard InChI is InChI=1S/C55H97N7O13/c1-13-39(6)50(44(70-11)36-47(65)62-28-21-24-43(62)52(71-12)40(7)53(67)58-41(8)51(66)42-22-17-16-18-23-42)61(10)55(69)48(37(2)3)59-54(68)49(38(4)5)60(9)46(64)26-20-15-14-19-25-45(63)57-27-29-72-30-31-73-32-33-74-34-35-75-56/h16-18,22-23,37-41,43-44,48-52,66H,13-15,19-21,24-36,56H2,1-12H3,(H,57,63)(H,58,67)(H,59,68)/t39-,40+,41+,43-,44+,48-,49-,50-,51+,52+/m0/s1. The summed E-state index contributed by atoms with van der Waals surface area (Å²) in [4.78, 5) is 91.9. The molecule has 1 aliphatic heterocycles. The van der Waals surface area contributed by atoms with Gasteiger partial charge < -0.3 is 64.3 Å². The van der Waals surface area contributed by atoms with E-state index in [1.807, 2.05) is 59.7 Å². The number of nitrogens with zero attached hydrogens (tertiary/aromatic N) is 3. The highest BCUT2D eigenvalue weighted by atomic mass is 16.6. The maximum Gasteiger partial charge on any atom is 0.245 e. The SMILES string of the molecule is CC[C@H](C)[C@@H]([C@@H](CC(=O)N1CCC[C@H]1[C@H](OC)[C@@H](C)C(=O)N[C@H](C)[C@@H](O)c1ccccc1)OC)N(C)C(=O)[C@@H](NC(=O)[C@H](C(C)C)N(C)C(=O)CCCCCCC(=O)NCCOCCOCCOCCON)C(C)C. The molecule has 0 unspecified atom stereocenters. The minimum atomic E-state index is -0.939. The molecule has 6 amide bonds. The first-order valence-corrected chi connectivity index (χ1v) is 27.3. The number of carbonyl (C=O) groups is 6. The number of likely N-dealkylation sites (N-methyl/N-ethyl adjacent to an activating group) is 2. The average Bonchev–Trinajstić information content (AvgIpc) is 3.88. The molecule has 0 saturated carbocycles. The number of unbranched alkanes of at least 4 members (excludes halogenated alkanes) is 3. The molecule has 1 heterocycles. The van der Waals surface area contributed by atoms with Gasteiger partial charge in [-0.2, -0.15) is 0 Å². The normalized spacial score (nSPS) is 17.3. The van der Waals surface area contributed by atoms with Crippen LogP contribution in [0.1, 0.15) is 131 Å². The molecule has 0 radical (unpaired) electrons. The van der Waals surface area contributed by atoms with Crippen LogP contribution >= 0.6 is 0 Å². The van der Waals surface area contributed by atoms with Gasteiger partial charge >= 0.3 is 0 Å². The van der Waals surface area contributed by atoms with Crippen molar-refractivity contribution in [1.82, 2.24) is 30.7 Å². The highest BCUT2D eigenvalue weighted by Gasteiger charge is 2.43. The van der Waals surface area contributed by atoms with Crippen LogP contribution in [0.4, 0.5) is 0 Å². The summed E-state index contributed by atoms with van der Waals surface area (Å²) in [6, 6.07) is 5.84. The van der Waals surface area contributed by atoms with Crippen molar-refractivity contribution in [1.29, 1.82) is 0 Å². The van der Waals surface area contributed by atoms with Crippen molar-refractivity contribution < 1.29 is 62.4 Å². The van der Waals surface area contributed by atoms with Crippen molar-refractivity contribution in [3.63, 3.8) is 0 Å². The van der Waals surface area contributed by atoms with E-state index < -0.39 is 60.3 Å². The second-order valence-corrected chi connectivity index (χ2v) is 20.6. The molecule has 1 aromatic rings. The van der Waals surface area contributed by atoms with Crippen molar-refractivity contribution >= 4 is 35.4 Å². The predicted molar refractivity (Wildman–Crippen MR) is 287 cm³/mol. The van der Waals surface area contributed by atoms with E-state index in [-0.39, 0.29) is 60.1 Å². The van der Waals surface area contributed by atoms with Gasteiger partial charge in [0.05, 0.1) is 95.0 Å². The molecule has 10 atom stereocenters. The Kier molecular flexibility index (Phi) is 32.7. The lowest BCUT2D eigenvalue weighted by atomic mass is 9.89. The summed E-state index contributed by atoms with van der Waals surface area (Å²) in [5, 5.41) is 19.7. The molecule has 20 heteroatoms. The molecule has 1 saturated heterocycles. The summed E-state index contributed by atoms with van der Waals surface area (Å²) in [6.45, 7) is 18.7. The van der Waals surface area contributed by atoms with E-state index in [2.05, 4.69) is 20.8 Å². The zero-order valence-electron chi connectivity index (χ0n) is 47.5. The summed E-state index contributed by atoms with van der Waals surface area (Å²) in [7, 11) is 6.38. The number of benzene rings is 1. The van der Waals surface area contributed by atoms with E-state index in [1.165, 1.54) is 19.1 Å². The molecule has 0 aromatic heterocycles. The molecule has 0 spiro atoms. The zero-order valence-corrected chi connectivity index (χ0v) is 47.5. The summed E-state index contributed by atoms with van der Waals surface area (Å²) in [5.41, 5.74) is 0.689. The number of aliphatic hydroxyl groups excluding tert-OH is 1. The maximum absolute atomic E-state index is 14.6. The minimum absolute atomic E-state index is 0.0349. The van der Waals surface area contributed by atoms with Crippen molar-refractivity contribution in [3.05, 3.63) is 35.9 Å². The van der Waals surface area contributed by atoms with Gasteiger partial charge in [0.2, 0.25) is 35.4 Å². The van der Waals surface area contributed by atoms with E-state index in [1.54, 1.807) is 49.9 Å². The Balaban J connectivity index is 1.98. The molecule has 1 aliphatic rings. The molecule has 75 heavy (non-hydrogen) atoms. The van der Waals surface area contributed by atoms with Crippen LogP contribution in [0, 0.1) is 23.7 Å². The number of carbonyl (C=O) groups excluding carboxylic acids is 6. The van der Waals surface area contributed by atoms with Crippen LogP contribution in [0.3, 0.4) is 0 Å². The Morgan fingerprint density at radius 1 is 0.760 bits per heavy atom. The quantitative estimate of drug-likeness (QED) is 0.0459. The summed E-state index contributed by atoms with van der Waals surface area (Å²) in [6.07, 6.45) is 3.15. The van der Waals surface area contributed by atoms with Crippen molar-refractivity contribution in [2.75, 3.05) is 87.7 Å². The third-order valence-corrected chi connectivity index (χ3v) is 14.4. The molecule has 6 N–H and O–H groups in total. The van der Waals surface area contributed by atoms with Crippen LogP contribution in [-0.2, 0) is 57.3 Å². The van der Waals surface area contributed by atoms with Gasteiger partial charge in [-0.25, -0.2) is 5.90 Å². The number of methoxy groups -OCH3 is 2. The molecule has 1 fully saturated rings. The highest BCUT2D eigenvalue weighted by molar-refractivity contribution is 5.92. The molecule has 0 aliphatic carbocycles. The van der Waals surface area contributed by atoms with E-state index in [9.17, 15) is 33.9 Å². The Labute approximate surface area is 448 Å². The smallest absolute Gasteiger partial charge is 0.245 e. The Morgan fingerprint density at radius 2 is 1.36 bits per heavy atom. The molecular weight excluding hydrogens is 967 g/mol. The lowest BCUT2D eigenvalue weighted by Gasteiger charge is -2.41. The predicted octanol–water partition coefficient (Wildman–Crippen LogP) is 4.17. The fourth-order valence-electron chi connectivity index (χ4n) is 9.82. The average molecular weight is 1060 g/mol. The third kappa shape index (κ3) is 22.7. The molecule has 1 aromatic carbocycles. The van der Waals surface area contributed by atoms with Crippen LogP contribution in [0.15, 0.2) is 30.3 Å². The summed E-state index contributed by atoms with van der Waals surface area (Å²) in [5.74, 6) is 2.10. The number of rotatable bonds is 39. The van der Waals surface area contributed by atoms with Crippen LogP contribution in [0.2, 0.25) is 0 Å². The number of nitrogens with one attached hydrogen (secondary N) is 3. The van der Waals surface area contributed by atoms with Crippen molar-refractivity contribution in [2.45, 2.75) is 168 Å². The van der Waals surface area contributed by atoms with Gasteiger partial charge in [-0.05, 0) is 55.9 Å². The van der Waals surface area contributed by atoms with Crippen LogP contribution in [-0.4, -0.2) is 185 Å². The Bertz CT molecular complexity index is 1810. The number of nitrogens with two attached hydrogens (primary N) is 1. The summed E-state index contributed by atoms with van der Waals surface area (Å²) >= 11 is 0. The van der Waals surface area contributed by atoms with Crippen molar-refractivity contribution in [3.8, 4) is 0 Å². The van der Waals surface area contributed by atoms with Crippen LogP contribution in [0.25, 0.3) is 0 Å². The van der Waals surface area contributed by atoms with Gasteiger partial charge in [-0.3, -0.25) is 28.8 Å². The number of aliphatic hydroxyl groups is 1. The van der Waals surface area contributed by atoms with Gasteiger partial charge in [0, 0.05) is 54.2 Å². The molecule has 430 valence electrons. The number of amides is 6. The monoisotopic (exact) mass is 1060 g/mol. The fraction of sp³-hybridized carbons (Fsp3) is 0.782. The molecule has 20 nitrogen and oxygen atoms in total. The van der Waals surface area contributed by atoms with Crippen molar-refractivity contribution in [2.24, 2.45) is 29.6 Å². The largest absolute Gasteiger partial charge is 0.386 e. The van der Waals surface area contributed by atoms with Crippen LogP contribution in [0.5, 0.6) is 0 Å². The first-order valence-electron chi connectivity index (χ1n) is 27.3. The number of hydrogen-bond acceptors (Lipinski definition) is 14. The first-order chi connectivity index (χ1) is 35.8. The lowest BCUT2D eigenvalue weighted by molar-refractivity contribution is -0.148. The van der Waals surface area contributed by atoms with Gasteiger partial charge in [-0.15, -0.1) is 0 Å². The Hall–Kier alpha value is -4.28. The highest BCUT2D eigenvalue weighted by Crippen LogP contribution is 2.30. The van der Waals surface area contributed by atoms with E-state index in [0.29, 0.717) is 97.0 Å². The van der Waals surface area contributed by atoms with Gasteiger partial charge in [-0.1, -0.05) is 98.1 Å². The van der Waals surface area contributed by atoms with Gasteiger partial charge in [0.1, 0.15) is 12.1 Å². The lowest BCUT2D eigenvalue weighted by Crippen LogP contribution is -2.60. The number of hydrogen-bond donors (Lipinski definition) is 5. The fourth-order valence-corrected chi connectivity index (χ4v) is 9.82. The molecular formula is C55H97N7O13. The maximum atomic E-state index is 14.6. The minimum Gasteiger partial charge on any atom is -0.386 e. The van der Waals surface area contributed by atoms with Gasteiger partial charge in [0.15, 0.2) is 0 Å². The number of likely N-dealkylation sites (tertiary alicyclic amines) is 1. The third-order valence-electron chi connectivity index (χ3n) is 14.4. The molecule has 0 bridgehead atoms. The van der Waals surface area contributed by atoms with Crippen LogP contribution < -0.4 is 21.8 Å². The topological polar surface area (TPSA) is 250 Å².